The zero-order chi connectivity index (χ0) is 11.0. The molecule has 0 saturated carbocycles. The van der Waals surface area contributed by atoms with Crippen LogP contribution < -0.4 is 5.73 Å². The minimum atomic E-state index is -0.360. The van der Waals surface area contributed by atoms with Crippen LogP contribution in [0.15, 0.2) is 27.2 Å². The number of nitrogens with two attached hydrogens (primary N) is 1. The van der Waals surface area contributed by atoms with Crippen molar-refractivity contribution in [2.75, 3.05) is 5.73 Å². The normalized spacial score (nSPS) is 10.6. The van der Waals surface area contributed by atoms with Crippen molar-refractivity contribution in [3.63, 3.8) is 0 Å². The van der Waals surface area contributed by atoms with Crippen LogP contribution in [0.1, 0.15) is 5.56 Å². The summed E-state index contributed by atoms with van der Waals surface area (Å²) in [6.07, 6.45) is 0. The molecular formula is C10H8BrFN2O. The van der Waals surface area contributed by atoms with Crippen LogP contribution in [0.3, 0.4) is 0 Å². The number of nitrogens with zero attached hydrogens (tertiary/aromatic N) is 1. The van der Waals surface area contributed by atoms with Gasteiger partial charge in [-0.3, -0.25) is 0 Å². The van der Waals surface area contributed by atoms with E-state index in [1.807, 2.05) is 6.92 Å². The number of hydrogen-bond acceptors (Lipinski definition) is 3. The molecule has 0 fully saturated rings. The van der Waals surface area contributed by atoms with Crippen LogP contribution in [0.2, 0.25) is 0 Å². The third-order valence-corrected chi connectivity index (χ3v) is 3.09. The van der Waals surface area contributed by atoms with E-state index in [4.69, 9.17) is 10.3 Å². The molecule has 0 spiro atoms. The Morgan fingerprint density at radius 1 is 1.47 bits per heavy atom. The minimum Gasteiger partial charge on any atom is -0.368 e. The Hall–Kier alpha value is -1.36. The van der Waals surface area contributed by atoms with Gasteiger partial charge in [0.15, 0.2) is 0 Å². The average molecular weight is 271 g/mol. The van der Waals surface area contributed by atoms with Crippen molar-refractivity contribution in [3.05, 3.63) is 34.1 Å². The summed E-state index contributed by atoms with van der Waals surface area (Å²) in [5, 5.41) is 3.68. The maximum Gasteiger partial charge on any atom is 0.222 e. The van der Waals surface area contributed by atoms with Crippen molar-refractivity contribution < 1.29 is 8.91 Å². The number of rotatable bonds is 1. The highest BCUT2D eigenvalue weighted by Gasteiger charge is 2.15. The van der Waals surface area contributed by atoms with Gasteiger partial charge in [0.05, 0.1) is 5.56 Å². The summed E-state index contributed by atoms with van der Waals surface area (Å²) in [4.78, 5) is 0. The fourth-order valence-electron chi connectivity index (χ4n) is 1.30. The Balaban J connectivity index is 2.66. The lowest BCUT2D eigenvalue weighted by atomic mass is 10.1. The standard InChI is InChI=1S/C10H8BrFN2O/c1-5-2-3-6(12)9(10(5)11)7-4-8(13)15-14-7/h2-4H,13H2,1H3. The number of anilines is 1. The van der Waals surface area contributed by atoms with Crippen LogP contribution in [0.4, 0.5) is 10.3 Å². The number of halogens is 2. The van der Waals surface area contributed by atoms with Gasteiger partial charge in [0.25, 0.3) is 0 Å². The quantitative estimate of drug-likeness (QED) is 0.866. The molecule has 0 radical (unpaired) electrons. The van der Waals surface area contributed by atoms with E-state index in [2.05, 4.69) is 21.1 Å². The summed E-state index contributed by atoms with van der Waals surface area (Å²) in [5.41, 5.74) is 7.07. The van der Waals surface area contributed by atoms with E-state index in [9.17, 15) is 4.39 Å². The number of hydrogen-bond donors (Lipinski definition) is 1. The van der Waals surface area contributed by atoms with E-state index < -0.39 is 0 Å². The monoisotopic (exact) mass is 270 g/mol. The first-order chi connectivity index (χ1) is 7.09. The molecule has 0 amide bonds. The van der Waals surface area contributed by atoms with Crippen LogP contribution in [0, 0.1) is 12.7 Å². The first kappa shape index (κ1) is 10.2. The summed E-state index contributed by atoms with van der Waals surface area (Å²) in [6.45, 7) is 1.87. The zero-order valence-corrected chi connectivity index (χ0v) is 9.51. The van der Waals surface area contributed by atoms with Gasteiger partial charge < -0.3 is 10.3 Å². The van der Waals surface area contributed by atoms with Crippen LogP contribution in [-0.4, -0.2) is 5.16 Å². The van der Waals surface area contributed by atoms with Gasteiger partial charge in [-0.05, 0) is 34.5 Å². The van der Waals surface area contributed by atoms with Gasteiger partial charge >= 0.3 is 0 Å². The minimum absolute atomic E-state index is 0.165. The van der Waals surface area contributed by atoms with Gasteiger partial charge in [-0.15, -0.1) is 0 Å². The van der Waals surface area contributed by atoms with E-state index in [0.717, 1.165) is 5.56 Å². The molecule has 0 aliphatic rings. The Morgan fingerprint density at radius 2 is 2.20 bits per heavy atom. The second kappa shape index (κ2) is 3.66. The predicted octanol–water partition coefficient (Wildman–Crippen LogP) is 3.13. The topological polar surface area (TPSA) is 52.0 Å². The van der Waals surface area contributed by atoms with Gasteiger partial charge in [-0.2, -0.15) is 0 Å². The summed E-state index contributed by atoms with van der Waals surface area (Å²) in [7, 11) is 0. The first-order valence-electron chi connectivity index (χ1n) is 4.26. The van der Waals surface area contributed by atoms with Crippen molar-refractivity contribution in [2.45, 2.75) is 6.92 Å². The zero-order valence-electron chi connectivity index (χ0n) is 7.92. The molecule has 2 aromatic rings. The molecule has 0 saturated heterocycles. The van der Waals surface area contributed by atoms with E-state index in [1.165, 1.54) is 12.1 Å². The van der Waals surface area contributed by atoms with E-state index >= 15 is 0 Å². The maximum absolute atomic E-state index is 13.6. The lowest BCUT2D eigenvalue weighted by molar-refractivity contribution is 0.438. The Labute approximate surface area is 94.2 Å². The molecule has 2 rings (SSSR count). The van der Waals surface area contributed by atoms with Crippen LogP contribution in [0.5, 0.6) is 0 Å². The van der Waals surface area contributed by atoms with E-state index in [0.29, 0.717) is 15.7 Å². The number of aromatic nitrogens is 1. The van der Waals surface area contributed by atoms with Gasteiger partial charge in [-0.1, -0.05) is 11.2 Å². The first-order valence-corrected chi connectivity index (χ1v) is 5.06. The van der Waals surface area contributed by atoms with Crippen molar-refractivity contribution in [1.82, 2.24) is 5.16 Å². The predicted molar refractivity (Wildman–Crippen MR) is 58.7 cm³/mol. The van der Waals surface area contributed by atoms with Gasteiger partial charge in [0, 0.05) is 10.5 Å². The summed E-state index contributed by atoms with van der Waals surface area (Å²) < 4.78 is 18.9. The van der Waals surface area contributed by atoms with E-state index in [1.54, 1.807) is 6.07 Å². The molecule has 0 unspecified atom stereocenters. The highest BCUT2D eigenvalue weighted by atomic mass is 79.9. The second-order valence-corrected chi connectivity index (χ2v) is 3.96. The third-order valence-electron chi connectivity index (χ3n) is 2.07. The maximum atomic E-state index is 13.6. The molecule has 2 N–H and O–H groups in total. The van der Waals surface area contributed by atoms with Gasteiger partial charge in [0.2, 0.25) is 5.88 Å². The fourth-order valence-corrected chi connectivity index (χ4v) is 1.82. The molecule has 0 bridgehead atoms. The molecule has 0 aliphatic heterocycles. The second-order valence-electron chi connectivity index (χ2n) is 3.17. The molecule has 1 aromatic heterocycles. The molecule has 5 heteroatoms. The van der Waals surface area contributed by atoms with Gasteiger partial charge in [0.1, 0.15) is 11.5 Å². The number of aryl methyl sites for hydroxylation is 1. The largest absolute Gasteiger partial charge is 0.368 e. The van der Waals surface area contributed by atoms with Crippen molar-refractivity contribution in [3.8, 4) is 11.3 Å². The van der Waals surface area contributed by atoms with Crippen LogP contribution >= 0.6 is 15.9 Å². The van der Waals surface area contributed by atoms with Crippen LogP contribution in [0.25, 0.3) is 11.3 Å². The summed E-state index contributed by atoms with van der Waals surface area (Å²) >= 11 is 3.31. The Morgan fingerprint density at radius 3 is 2.80 bits per heavy atom. The van der Waals surface area contributed by atoms with E-state index in [-0.39, 0.29) is 11.7 Å². The lowest BCUT2D eigenvalue weighted by Crippen LogP contribution is -1.89. The average Bonchev–Trinajstić information content (AvgIpc) is 2.59. The van der Waals surface area contributed by atoms with Crippen molar-refractivity contribution in [1.29, 1.82) is 0 Å². The summed E-state index contributed by atoms with van der Waals surface area (Å²) in [6, 6.07) is 4.56. The summed E-state index contributed by atoms with van der Waals surface area (Å²) in [5.74, 6) is -0.196. The molecule has 1 aromatic carbocycles. The smallest absolute Gasteiger partial charge is 0.222 e. The molecule has 15 heavy (non-hydrogen) atoms. The molecule has 1 heterocycles. The van der Waals surface area contributed by atoms with Crippen molar-refractivity contribution in [2.24, 2.45) is 0 Å². The SMILES string of the molecule is Cc1ccc(F)c(-c2cc(N)on2)c1Br. The molecule has 0 aliphatic carbocycles. The molecule has 78 valence electrons. The van der Waals surface area contributed by atoms with Gasteiger partial charge in [-0.25, -0.2) is 4.39 Å². The van der Waals surface area contributed by atoms with Crippen molar-refractivity contribution >= 4 is 21.8 Å². The lowest BCUT2D eigenvalue weighted by Gasteiger charge is -2.04. The third kappa shape index (κ3) is 1.74. The fraction of sp³-hybridized carbons (Fsp3) is 0.100. The molecular weight excluding hydrogens is 263 g/mol. The Bertz CT molecular complexity index is 510. The van der Waals surface area contributed by atoms with Crippen LogP contribution in [-0.2, 0) is 0 Å². The highest BCUT2D eigenvalue weighted by molar-refractivity contribution is 9.10. The highest BCUT2D eigenvalue weighted by Crippen LogP contribution is 2.33. The molecule has 0 atom stereocenters. The number of benzene rings is 1. The number of nitrogen functional groups attached to an aromatic ring is 1. The molecule has 3 nitrogen and oxygen atoms in total. The Kier molecular flexibility index (Phi) is 2.48.